The summed E-state index contributed by atoms with van der Waals surface area (Å²) in [5, 5.41) is 5.73. The van der Waals surface area contributed by atoms with Gasteiger partial charge in [-0.15, -0.1) is 11.3 Å². The number of carbonyl (C=O) groups is 3. The zero-order valence-electron chi connectivity index (χ0n) is 20.2. The van der Waals surface area contributed by atoms with Crippen LogP contribution in [0.3, 0.4) is 0 Å². The molecule has 1 N–H and O–H groups in total. The van der Waals surface area contributed by atoms with Crippen LogP contribution in [0.1, 0.15) is 70.8 Å². The van der Waals surface area contributed by atoms with Gasteiger partial charge in [0.25, 0.3) is 11.8 Å². The van der Waals surface area contributed by atoms with E-state index in [2.05, 4.69) is 20.1 Å². The molecule has 8 nitrogen and oxygen atoms in total. The topological polar surface area (TPSA) is 85.8 Å². The van der Waals surface area contributed by atoms with Crippen molar-refractivity contribution < 1.29 is 14.4 Å². The molecular formula is C26H33N5O3S. The van der Waals surface area contributed by atoms with Crippen LogP contribution in [0.25, 0.3) is 0 Å². The summed E-state index contributed by atoms with van der Waals surface area (Å²) in [4.78, 5) is 49.5. The fourth-order valence-electron chi connectivity index (χ4n) is 5.50. The molecule has 3 amide bonds. The van der Waals surface area contributed by atoms with E-state index < -0.39 is 6.04 Å². The summed E-state index contributed by atoms with van der Waals surface area (Å²) >= 11 is 1.44. The molecule has 0 aliphatic carbocycles. The molecule has 35 heavy (non-hydrogen) atoms. The maximum absolute atomic E-state index is 13.4. The molecule has 2 aromatic rings. The lowest BCUT2D eigenvalue weighted by molar-refractivity contribution is -0.125. The minimum absolute atomic E-state index is 0.0110. The monoisotopic (exact) mass is 495 g/mol. The van der Waals surface area contributed by atoms with E-state index in [1.54, 1.807) is 12.3 Å². The van der Waals surface area contributed by atoms with Gasteiger partial charge >= 0.3 is 0 Å². The largest absolute Gasteiger partial charge is 0.371 e. The van der Waals surface area contributed by atoms with Crippen LogP contribution in [0.4, 0.5) is 5.69 Å². The van der Waals surface area contributed by atoms with Gasteiger partial charge in [-0.2, -0.15) is 0 Å². The quantitative estimate of drug-likeness (QED) is 0.593. The van der Waals surface area contributed by atoms with Gasteiger partial charge in [0, 0.05) is 43.7 Å². The van der Waals surface area contributed by atoms with Crippen LogP contribution in [-0.2, 0) is 4.79 Å². The molecule has 1 atom stereocenters. The summed E-state index contributed by atoms with van der Waals surface area (Å²) < 4.78 is 0. The Labute approximate surface area is 210 Å². The smallest absolute Gasteiger partial charge is 0.264 e. The molecule has 2 fully saturated rings. The summed E-state index contributed by atoms with van der Waals surface area (Å²) in [5.41, 5.74) is 1.72. The number of rotatable bonds is 7. The third kappa shape index (κ3) is 4.84. The average Bonchev–Trinajstić information content (AvgIpc) is 3.52. The fraction of sp³-hybridized carbons (Fsp3) is 0.538. The van der Waals surface area contributed by atoms with E-state index in [1.165, 1.54) is 35.5 Å². The van der Waals surface area contributed by atoms with Gasteiger partial charge in [-0.1, -0.05) is 12.5 Å². The zero-order chi connectivity index (χ0) is 24.4. The number of hydrogen-bond acceptors (Lipinski definition) is 7. The van der Waals surface area contributed by atoms with Crippen LogP contribution in [0, 0.1) is 5.92 Å². The highest BCUT2D eigenvalue weighted by atomic mass is 32.1. The van der Waals surface area contributed by atoms with Gasteiger partial charge in [0.2, 0.25) is 5.91 Å². The standard InChI is InChI=1S/C26H33N5O3S/c1-18(24-28-11-17-35-24)31-25(33)20-6-5-7-21(22(20)26(31)34)30-14-8-19(9-15-30)23(32)27-10-16-29-12-3-2-4-13-29/h5-7,11,17-19H,2-4,8-10,12-16H2,1H3,(H,27,32). The van der Waals surface area contributed by atoms with Gasteiger partial charge in [-0.05, 0) is 57.8 Å². The molecule has 3 aliphatic heterocycles. The molecular weight excluding hydrogens is 462 g/mol. The average molecular weight is 496 g/mol. The molecule has 186 valence electrons. The minimum Gasteiger partial charge on any atom is -0.371 e. The van der Waals surface area contributed by atoms with Crippen LogP contribution in [0.2, 0.25) is 0 Å². The van der Waals surface area contributed by atoms with Crippen molar-refractivity contribution in [2.45, 2.75) is 45.1 Å². The van der Waals surface area contributed by atoms with Gasteiger partial charge < -0.3 is 15.1 Å². The number of thiazole rings is 1. The molecule has 0 radical (unpaired) electrons. The number of piperidine rings is 2. The van der Waals surface area contributed by atoms with Crippen LogP contribution in [0.15, 0.2) is 29.8 Å². The molecule has 0 bridgehead atoms. The third-order valence-electron chi connectivity index (χ3n) is 7.50. The number of hydrogen-bond donors (Lipinski definition) is 1. The van der Waals surface area contributed by atoms with Gasteiger partial charge in [0.15, 0.2) is 0 Å². The number of aromatic nitrogens is 1. The first-order chi connectivity index (χ1) is 17.0. The first kappa shape index (κ1) is 23.9. The molecule has 2 saturated heterocycles. The van der Waals surface area contributed by atoms with Crippen molar-refractivity contribution in [3.8, 4) is 0 Å². The maximum atomic E-state index is 13.4. The highest BCUT2D eigenvalue weighted by Gasteiger charge is 2.42. The Morgan fingerprint density at radius 2 is 1.89 bits per heavy atom. The zero-order valence-corrected chi connectivity index (χ0v) is 21.1. The Hall–Kier alpha value is -2.78. The van der Waals surface area contributed by atoms with E-state index in [0.717, 1.165) is 43.2 Å². The first-order valence-electron chi connectivity index (χ1n) is 12.7. The minimum atomic E-state index is -0.408. The predicted molar refractivity (Wildman–Crippen MR) is 136 cm³/mol. The number of imide groups is 1. The van der Waals surface area contributed by atoms with Crippen molar-refractivity contribution in [1.82, 2.24) is 20.1 Å². The second-order valence-corrected chi connectivity index (χ2v) is 10.6. The Balaban J connectivity index is 1.20. The lowest BCUT2D eigenvalue weighted by atomic mass is 9.94. The third-order valence-corrected chi connectivity index (χ3v) is 8.45. The van der Waals surface area contributed by atoms with Crippen molar-refractivity contribution in [2.24, 2.45) is 5.92 Å². The van der Waals surface area contributed by atoms with E-state index in [4.69, 9.17) is 0 Å². The highest BCUT2D eigenvalue weighted by Crippen LogP contribution is 2.37. The van der Waals surface area contributed by atoms with Crippen molar-refractivity contribution in [3.63, 3.8) is 0 Å². The molecule has 4 heterocycles. The Morgan fingerprint density at radius 1 is 1.11 bits per heavy atom. The number of likely N-dealkylation sites (tertiary alicyclic amines) is 1. The van der Waals surface area contributed by atoms with Crippen molar-refractivity contribution in [1.29, 1.82) is 0 Å². The van der Waals surface area contributed by atoms with Crippen molar-refractivity contribution in [3.05, 3.63) is 45.9 Å². The number of nitrogens with zero attached hydrogens (tertiary/aromatic N) is 4. The van der Waals surface area contributed by atoms with E-state index in [9.17, 15) is 14.4 Å². The molecule has 9 heteroatoms. The van der Waals surface area contributed by atoms with E-state index in [-0.39, 0.29) is 23.6 Å². The number of nitrogens with one attached hydrogen (secondary N) is 1. The Bertz CT molecular complexity index is 1070. The fourth-order valence-corrected chi connectivity index (χ4v) is 6.18. The van der Waals surface area contributed by atoms with E-state index >= 15 is 0 Å². The second kappa shape index (κ2) is 10.5. The number of fused-ring (bicyclic) bond motifs is 1. The molecule has 1 unspecified atom stereocenters. The lowest BCUT2D eigenvalue weighted by Crippen LogP contribution is -2.43. The van der Waals surface area contributed by atoms with Crippen LogP contribution in [-0.4, -0.2) is 71.8 Å². The molecule has 1 aromatic carbocycles. The normalized spacial score (nSPS) is 20.3. The van der Waals surface area contributed by atoms with Gasteiger partial charge in [0.1, 0.15) is 5.01 Å². The first-order valence-corrected chi connectivity index (χ1v) is 13.6. The second-order valence-electron chi connectivity index (χ2n) is 9.68. The number of carbonyl (C=O) groups excluding carboxylic acids is 3. The summed E-state index contributed by atoms with van der Waals surface area (Å²) in [5.74, 6) is -0.406. The van der Waals surface area contributed by atoms with Crippen LogP contribution >= 0.6 is 11.3 Å². The number of anilines is 1. The molecule has 0 spiro atoms. The summed E-state index contributed by atoms with van der Waals surface area (Å²) in [6.07, 6.45) is 6.99. The molecule has 3 aliphatic rings. The summed E-state index contributed by atoms with van der Waals surface area (Å²) in [7, 11) is 0. The van der Waals surface area contributed by atoms with Crippen molar-refractivity contribution >= 4 is 34.7 Å². The molecule has 0 saturated carbocycles. The van der Waals surface area contributed by atoms with Gasteiger partial charge in [-0.25, -0.2) is 4.98 Å². The predicted octanol–water partition coefficient (Wildman–Crippen LogP) is 3.32. The highest BCUT2D eigenvalue weighted by molar-refractivity contribution is 7.09. The number of amides is 3. The van der Waals surface area contributed by atoms with Crippen LogP contribution in [0.5, 0.6) is 0 Å². The molecule has 5 rings (SSSR count). The maximum Gasteiger partial charge on any atom is 0.264 e. The SMILES string of the molecule is CC(c1nccs1)N1C(=O)c2cccc(N3CCC(C(=O)NCCN4CCCCC4)CC3)c2C1=O. The van der Waals surface area contributed by atoms with E-state index in [1.807, 2.05) is 24.4 Å². The van der Waals surface area contributed by atoms with Crippen LogP contribution < -0.4 is 10.2 Å². The Morgan fingerprint density at radius 3 is 2.60 bits per heavy atom. The Kier molecular flexibility index (Phi) is 7.15. The lowest BCUT2D eigenvalue weighted by Gasteiger charge is -2.34. The summed E-state index contributed by atoms with van der Waals surface area (Å²) in [6, 6.07) is 5.09. The van der Waals surface area contributed by atoms with Crippen molar-refractivity contribution in [2.75, 3.05) is 44.2 Å². The molecule has 1 aromatic heterocycles. The summed E-state index contributed by atoms with van der Waals surface area (Å²) in [6.45, 7) is 7.11. The van der Waals surface area contributed by atoms with Gasteiger partial charge in [0.05, 0.1) is 22.9 Å². The van der Waals surface area contributed by atoms with E-state index in [0.29, 0.717) is 30.8 Å². The van der Waals surface area contributed by atoms with Gasteiger partial charge in [-0.3, -0.25) is 19.3 Å². The number of benzene rings is 1.